The van der Waals surface area contributed by atoms with Gasteiger partial charge in [0.15, 0.2) is 11.5 Å². The van der Waals surface area contributed by atoms with E-state index in [0.29, 0.717) is 16.5 Å². The van der Waals surface area contributed by atoms with Crippen LogP contribution in [-0.4, -0.2) is 16.1 Å². The summed E-state index contributed by atoms with van der Waals surface area (Å²) in [6.45, 7) is 0. The zero-order chi connectivity index (χ0) is 17.2. The maximum atomic E-state index is 12.2. The Labute approximate surface area is 146 Å². The van der Waals surface area contributed by atoms with Gasteiger partial charge in [-0.2, -0.15) is 0 Å². The molecule has 7 nitrogen and oxygen atoms in total. The molecule has 0 unspecified atom stereocenters. The monoisotopic (exact) mass is 355 g/mol. The third-order valence-electron chi connectivity index (χ3n) is 3.32. The van der Waals surface area contributed by atoms with E-state index >= 15 is 0 Å². The van der Waals surface area contributed by atoms with E-state index in [4.69, 9.17) is 24.9 Å². The first-order chi connectivity index (χ1) is 12.2. The van der Waals surface area contributed by atoms with Crippen LogP contribution in [0.1, 0.15) is 10.6 Å². The molecule has 3 heterocycles. The zero-order valence-corrected chi connectivity index (χ0v) is 13.4. The lowest BCUT2D eigenvalue weighted by Gasteiger charge is -1.98. The highest BCUT2D eigenvalue weighted by Crippen LogP contribution is 2.25. The maximum Gasteiger partial charge on any atom is 0.323 e. The summed E-state index contributed by atoms with van der Waals surface area (Å²) in [7, 11) is 0. The Hall–Kier alpha value is -3.32. The number of halogens is 1. The van der Waals surface area contributed by atoms with Crippen LogP contribution in [0.3, 0.4) is 0 Å². The van der Waals surface area contributed by atoms with Crippen molar-refractivity contribution < 1.29 is 18.0 Å². The van der Waals surface area contributed by atoms with Crippen LogP contribution in [0.4, 0.5) is 6.01 Å². The fraction of sp³-hybridized carbons (Fsp3) is 0. The SMILES string of the molecule is O=C(Nc1nnc(-c2ccco2)o1)c1ccc(-c2cccc(Cl)c2)o1. The molecule has 0 radical (unpaired) electrons. The molecule has 3 aromatic heterocycles. The van der Waals surface area contributed by atoms with E-state index in [0.717, 1.165) is 5.56 Å². The average molecular weight is 356 g/mol. The lowest BCUT2D eigenvalue weighted by molar-refractivity contribution is 0.0994. The Morgan fingerprint density at radius 1 is 1.00 bits per heavy atom. The molecule has 8 heteroatoms. The van der Waals surface area contributed by atoms with Crippen molar-refractivity contribution in [2.45, 2.75) is 0 Å². The number of rotatable bonds is 4. The summed E-state index contributed by atoms with van der Waals surface area (Å²) in [6, 6.07) is 13.7. The number of nitrogens with zero attached hydrogens (tertiary/aromatic N) is 2. The van der Waals surface area contributed by atoms with Gasteiger partial charge in [0.1, 0.15) is 5.76 Å². The van der Waals surface area contributed by atoms with Gasteiger partial charge >= 0.3 is 6.01 Å². The predicted molar refractivity (Wildman–Crippen MR) is 89.1 cm³/mol. The topological polar surface area (TPSA) is 94.3 Å². The Kier molecular flexibility index (Phi) is 3.83. The molecule has 1 aromatic carbocycles. The first kappa shape index (κ1) is 15.2. The summed E-state index contributed by atoms with van der Waals surface area (Å²) < 4.78 is 16.0. The molecule has 4 rings (SSSR count). The van der Waals surface area contributed by atoms with Gasteiger partial charge in [-0.05, 0) is 36.4 Å². The van der Waals surface area contributed by atoms with E-state index < -0.39 is 5.91 Å². The van der Waals surface area contributed by atoms with Gasteiger partial charge in [-0.1, -0.05) is 28.8 Å². The summed E-state index contributed by atoms with van der Waals surface area (Å²) in [5, 5.41) is 10.6. The number of hydrogen-bond donors (Lipinski definition) is 1. The highest BCUT2D eigenvalue weighted by molar-refractivity contribution is 6.30. The summed E-state index contributed by atoms with van der Waals surface area (Å²) in [6.07, 6.45) is 1.48. The molecule has 4 aromatic rings. The van der Waals surface area contributed by atoms with Crippen LogP contribution in [0, 0.1) is 0 Å². The molecule has 0 aliphatic heterocycles. The molecule has 25 heavy (non-hydrogen) atoms. The third-order valence-corrected chi connectivity index (χ3v) is 3.55. The maximum absolute atomic E-state index is 12.2. The molecular formula is C17H10ClN3O4. The molecular weight excluding hydrogens is 346 g/mol. The van der Waals surface area contributed by atoms with Gasteiger partial charge in [-0.3, -0.25) is 10.1 Å². The second-order valence-corrected chi connectivity index (χ2v) is 5.45. The van der Waals surface area contributed by atoms with E-state index in [9.17, 15) is 4.79 Å². The van der Waals surface area contributed by atoms with E-state index in [1.54, 1.807) is 42.5 Å². The van der Waals surface area contributed by atoms with Crippen molar-refractivity contribution in [3.63, 3.8) is 0 Å². The first-order valence-electron chi connectivity index (χ1n) is 7.23. The Morgan fingerprint density at radius 2 is 1.92 bits per heavy atom. The lowest BCUT2D eigenvalue weighted by atomic mass is 10.2. The molecule has 0 aliphatic carbocycles. The highest BCUT2D eigenvalue weighted by atomic mass is 35.5. The van der Waals surface area contributed by atoms with Crippen molar-refractivity contribution in [2.75, 3.05) is 5.32 Å². The van der Waals surface area contributed by atoms with Crippen molar-refractivity contribution in [3.8, 4) is 23.0 Å². The normalized spacial score (nSPS) is 10.8. The van der Waals surface area contributed by atoms with E-state index in [-0.39, 0.29) is 17.7 Å². The van der Waals surface area contributed by atoms with Crippen molar-refractivity contribution in [1.29, 1.82) is 0 Å². The van der Waals surface area contributed by atoms with Crippen molar-refractivity contribution in [2.24, 2.45) is 0 Å². The summed E-state index contributed by atoms with van der Waals surface area (Å²) in [5.74, 6) is 0.693. The minimum absolute atomic E-state index is 0.0582. The van der Waals surface area contributed by atoms with Gasteiger partial charge in [0.25, 0.3) is 11.8 Å². The molecule has 0 saturated heterocycles. The predicted octanol–water partition coefficient (Wildman–Crippen LogP) is 4.50. The smallest absolute Gasteiger partial charge is 0.323 e. The second-order valence-electron chi connectivity index (χ2n) is 5.02. The molecule has 0 spiro atoms. The van der Waals surface area contributed by atoms with Crippen LogP contribution < -0.4 is 5.32 Å². The number of anilines is 1. The van der Waals surface area contributed by atoms with E-state index in [1.165, 1.54) is 6.26 Å². The van der Waals surface area contributed by atoms with Crippen LogP contribution >= 0.6 is 11.6 Å². The minimum Gasteiger partial charge on any atom is -0.459 e. The quantitative estimate of drug-likeness (QED) is 0.579. The number of furan rings is 2. The molecule has 0 bridgehead atoms. The van der Waals surface area contributed by atoms with E-state index in [2.05, 4.69) is 15.5 Å². The molecule has 0 atom stereocenters. The molecule has 0 saturated carbocycles. The molecule has 1 amide bonds. The summed E-state index contributed by atoms with van der Waals surface area (Å²) >= 11 is 5.96. The Balaban J connectivity index is 1.50. The van der Waals surface area contributed by atoms with Crippen LogP contribution in [-0.2, 0) is 0 Å². The number of benzene rings is 1. The number of carbonyl (C=O) groups excluding carboxylic acids is 1. The van der Waals surface area contributed by atoms with Gasteiger partial charge in [0.05, 0.1) is 6.26 Å². The highest BCUT2D eigenvalue weighted by Gasteiger charge is 2.17. The van der Waals surface area contributed by atoms with Crippen LogP contribution in [0.5, 0.6) is 0 Å². The first-order valence-corrected chi connectivity index (χ1v) is 7.61. The molecule has 1 N–H and O–H groups in total. The van der Waals surface area contributed by atoms with Crippen LogP contribution in [0.15, 0.2) is 68.0 Å². The van der Waals surface area contributed by atoms with E-state index in [1.807, 2.05) is 6.07 Å². The van der Waals surface area contributed by atoms with Crippen molar-refractivity contribution in [3.05, 3.63) is 65.6 Å². The van der Waals surface area contributed by atoms with Crippen molar-refractivity contribution >= 4 is 23.5 Å². The summed E-state index contributed by atoms with van der Waals surface area (Å²) in [5.41, 5.74) is 0.768. The standard InChI is InChI=1S/C17H10ClN3O4/c18-11-4-1-3-10(9-11)12-6-7-13(24-12)15(22)19-17-21-20-16(25-17)14-5-2-8-23-14/h1-9H,(H,19,21,22). The lowest BCUT2D eigenvalue weighted by Crippen LogP contribution is -2.11. The summed E-state index contributed by atoms with van der Waals surface area (Å²) in [4.78, 5) is 12.2. The number of amides is 1. The van der Waals surface area contributed by atoms with Crippen molar-refractivity contribution in [1.82, 2.24) is 10.2 Å². The fourth-order valence-electron chi connectivity index (χ4n) is 2.19. The number of aromatic nitrogens is 2. The zero-order valence-electron chi connectivity index (χ0n) is 12.6. The van der Waals surface area contributed by atoms with Crippen LogP contribution in [0.25, 0.3) is 23.0 Å². The number of carbonyl (C=O) groups is 1. The number of hydrogen-bond acceptors (Lipinski definition) is 6. The fourth-order valence-corrected chi connectivity index (χ4v) is 2.38. The van der Waals surface area contributed by atoms with Gasteiger partial charge in [-0.15, -0.1) is 5.10 Å². The second kappa shape index (κ2) is 6.29. The molecule has 0 fully saturated rings. The third kappa shape index (κ3) is 3.17. The minimum atomic E-state index is -0.511. The molecule has 124 valence electrons. The van der Waals surface area contributed by atoms with Gasteiger partial charge in [-0.25, -0.2) is 0 Å². The largest absolute Gasteiger partial charge is 0.459 e. The Bertz CT molecular complexity index is 1020. The van der Waals surface area contributed by atoms with Gasteiger partial charge in [0, 0.05) is 10.6 Å². The van der Waals surface area contributed by atoms with Gasteiger partial charge in [0.2, 0.25) is 0 Å². The van der Waals surface area contributed by atoms with Crippen LogP contribution in [0.2, 0.25) is 5.02 Å². The Morgan fingerprint density at radius 3 is 2.72 bits per heavy atom. The number of nitrogens with one attached hydrogen (secondary N) is 1. The van der Waals surface area contributed by atoms with Gasteiger partial charge < -0.3 is 13.3 Å². The molecule has 0 aliphatic rings. The average Bonchev–Trinajstić information content (AvgIpc) is 3.35.